The van der Waals surface area contributed by atoms with Crippen LogP contribution >= 0.6 is 0 Å². The number of ether oxygens (including phenoxy) is 2. The van der Waals surface area contributed by atoms with E-state index >= 15 is 0 Å². The Kier molecular flexibility index (Phi) is 8.33. The molecule has 0 aliphatic heterocycles. The summed E-state index contributed by atoms with van der Waals surface area (Å²) in [4.78, 5) is 21.0. The number of hydrogen-bond donors (Lipinski definition) is 1. The normalized spacial score (nSPS) is 14.6. The zero-order valence-corrected chi connectivity index (χ0v) is 11.6. The maximum absolute atomic E-state index is 11.1. The average molecular weight is 270 g/mol. The molecular formula is C14H22O5. The molecule has 0 bridgehead atoms. The summed E-state index contributed by atoms with van der Waals surface area (Å²) in [6, 6.07) is 0. The zero-order valence-electron chi connectivity index (χ0n) is 11.6. The van der Waals surface area contributed by atoms with Gasteiger partial charge in [-0.1, -0.05) is 13.0 Å². The molecule has 1 aliphatic carbocycles. The quantitative estimate of drug-likeness (QED) is 0.485. The number of hydrogen-bond acceptors (Lipinski definition) is 5. The molecule has 1 rings (SSSR count). The Morgan fingerprint density at radius 1 is 1.11 bits per heavy atom. The van der Waals surface area contributed by atoms with Gasteiger partial charge in [-0.3, -0.25) is 0 Å². The van der Waals surface area contributed by atoms with E-state index in [2.05, 4.69) is 17.9 Å². The monoisotopic (exact) mass is 270 g/mol. The summed E-state index contributed by atoms with van der Waals surface area (Å²) in [5.41, 5.74) is 0.501. The molecule has 0 spiro atoms. The molecule has 0 aromatic heterocycles. The Hall–Kier alpha value is -1.78. The fourth-order valence-electron chi connectivity index (χ4n) is 1.55. The summed E-state index contributed by atoms with van der Waals surface area (Å²) in [7, 11) is 1.17. The lowest BCUT2D eigenvalue weighted by molar-refractivity contribution is -0.145. The SMILES string of the molecule is C=C(C)C(=O)OC1CCCCC1.C=C(O)C(=O)OC. The molecule has 0 aromatic carbocycles. The number of carbonyl (C=O) groups is 2. The molecule has 5 heteroatoms. The lowest BCUT2D eigenvalue weighted by atomic mass is 9.98. The van der Waals surface area contributed by atoms with Crippen molar-refractivity contribution in [1.82, 2.24) is 0 Å². The number of methoxy groups -OCH3 is 1. The van der Waals surface area contributed by atoms with E-state index in [4.69, 9.17) is 9.84 Å². The topological polar surface area (TPSA) is 72.8 Å². The van der Waals surface area contributed by atoms with Gasteiger partial charge in [0.05, 0.1) is 7.11 Å². The van der Waals surface area contributed by atoms with Crippen LogP contribution < -0.4 is 0 Å². The molecule has 0 amide bonds. The first-order valence-electron chi connectivity index (χ1n) is 6.21. The molecule has 1 saturated carbocycles. The minimum Gasteiger partial charge on any atom is -0.502 e. The smallest absolute Gasteiger partial charge is 0.372 e. The van der Waals surface area contributed by atoms with Crippen LogP contribution in [-0.4, -0.2) is 30.3 Å². The second kappa shape index (κ2) is 9.19. The predicted octanol–water partition coefficient (Wildman–Crippen LogP) is 2.67. The van der Waals surface area contributed by atoms with Gasteiger partial charge >= 0.3 is 11.9 Å². The van der Waals surface area contributed by atoms with Crippen LogP contribution in [0, 0.1) is 0 Å². The molecule has 1 N–H and O–H groups in total. The highest BCUT2D eigenvalue weighted by Crippen LogP contribution is 2.20. The number of rotatable bonds is 3. The number of carbonyl (C=O) groups excluding carboxylic acids is 2. The summed E-state index contributed by atoms with van der Waals surface area (Å²) in [6.07, 6.45) is 5.87. The summed E-state index contributed by atoms with van der Waals surface area (Å²) in [5.74, 6) is -1.59. The molecule has 108 valence electrons. The molecule has 5 nitrogen and oxygen atoms in total. The lowest BCUT2D eigenvalue weighted by Gasteiger charge is -2.21. The maximum atomic E-state index is 11.1. The van der Waals surface area contributed by atoms with Gasteiger partial charge in [0.25, 0.3) is 0 Å². The standard InChI is InChI=1S/C10H16O2.C4H6O3/c1-8(2)10(11)12-9-6-4-3-5-7-9;1-3(5)4(6)7-2/h9H,1,3-7H2,2H3;5H,1H2,2H3. The molecule has 1 fully saturated rings. The van der Waals surface area contributed by atoms with E-state index in [1.165, 1.54) is 26.4 Å². The van der Waals surface area contributed by atoms with Crippen molar-refractivity contribution in [3.63, 3.8) is 0 Å². The summed E-state index contributed by atoms with van der Waals surface area (Å²) < 4.78 is 9.24. The van der Waals surface area contributed by atoms with Crippen molar-refractivity contribution in [2.45, 2.75) is 45.1 Å². The highest BCUT2D eigenvalue weighted by Gasteiger charge is 2.17. The van der Waals surface area contributed by atoms with Crippen LogP contribution in [0.3, 0.4) is 0 Å². The van der Waals surface area contributed by atoms with Crippen LogP contribution in [-0.2, 0) is 19.1 Å². The van der Waals surface area contributed by atoms with Crippen LogP contribution in [0.5, 0.6) is 0 Å². The van der Waals surface area contributed by atoms with Crippen LogP contribution in [0.15, 0.2) is 24.5 Å². The van der Waals surface area contributed by atoms with Crippen molar-refractivity contribution in [3.05, 3.63) is 24.5 Å². The van der Waals surface area contributed by atoms with Crippen molar-refractivity contribution in [2.24, 2.45) is 0 Å². The van der Waals surface area contributed by atoms with E-state index in [1.54, 1.807) is 6.92 Å². The van der Waals surface area contributed by atoms with E-state index in [1.807, 2.05) is 0 Å². The van der Waals surface area contributed by atoms with Crippen LogP contribution in [0.2, 0.25) is 0 Å². The van der Waals surface area contributed by atoms with Crippen molar-refractivity contribution in [2.75, 3.05) is 7.11 Å². The fraction of sp³-hybridized carbons (Fsp3) is 0.571. The van der Waals surface area contributed by atoms with Gasteiger partial charge in [-0.05, 0) is 39.2 Å². The summed E-state index contributed by atoms with van der Waals surface area (Å²) >= 11 is 0. The highest BCUT2D eigenvalue weighted by atomic mass is 16.5. The maximum Gasteiger partial charge on any atom is 0.372 e. The highest BCUT2D eigenvalue weighted by molar-refractivity contribution is 5.87. The van der Waals surface area contributed by atoms with Gasteiger partial charge in [0.2, 0.25) is 0 Å². The largest absolute Gasteiger partial charge is 0.502 e. The van der Waals surface area contributed by atoms with Gasteiger partial charge < -0.3 is 14.6 Å². The minimum absolute atomic E-state index is 0.156. The Balaban J connectivity index is 0.000000399. The third-order valence-electron chi connectivity index (χ3n) is 2.60. The van der Waals surface area contributed by atoms with Gasteiger partial charge in [0.1, 0.15) is 6.10 Å². The number of esters is 2. The Bertz CT molecular complexity index is 340. The van der Waals surface area contributed by atoms with Gasteiger partial charge in [-0.15, -0.1) is 0 Å². The molecule has 0 heterocycles. The summed E-state index contributed by atoms with van der Waals surface area (Å²) in [5, 5.41) is 8.15. The second-order valence-corrected chi connectivity index (χ2v) is 4.38. The van der Waals surface area contributed by atoms with E-state index in [9.17, 15) is 9.59 Å². The van der Waals surface area contributed by atoms with Gasteiger partial charge in [0, 0.05) is 5.57 Å². The third-order valence-corrected chi connectivity index (χ3v) is 2.60. The van der Waals surface area contributed by atoms with E-state index in [0.717, 1.165) is 12.8 Å². The molecule has 0 unspecified atom stereocenters. The van der Waals surface area contributed by atoms with Gasteiger partial charge in [-0.2, -0.15) is 0 Å². The first kappa shape index (κ1) is 17.2. The molecule has 0 aromatic rings. The Morgan fingerprint density at radius 2 is 1.63 bits per heavy atom. The Morgan fingerprint density at radius 3 is 1.95 bits per heavy atom. The molecule has 19 heavy (non-hydrogen) atoms. The van der Waals surface area contributed by atoms with Crippen LogP contribution in [0.25, 0.3) is 0 Å². The van der Waals surface area contributed by atoms with E-state index in [0.29, 0.717) is 5.57 Å². The first-order chi connectivity index (χ1) is 8.88. The average Bonchev–Trinajstić information content (AvgIpc) is 2.39. The second-order valence-electron chi connectivity index (χ2n) is 4.38. The first-order valence-corrected chi connectivity index (χ1v) is 6.21. The molecule has 0 radical (unpaired) electrons. The molecule has 1 aliphatic rings. The molecule has 0 atom stereocenters. The van der Waals surface area contributed by atoms with Crippen molar-refractivity contribution >= 4 is 11.9 Å². The molecule has 0 saturated heterocycles. The Labute approximate surface area is 113 Å². The molecular weight excluding hydrogens is 248 g/mol. The van der Waals surface area contributed by atoms with Crippen molar-refractivity contribution in [3.8, 4) is 0 Å². The van der Waals surface area contributed by atoms with Crippen LogP contribution in [0.4, 0.5) is 0 Å². The van der Waals surface area contributed by atoms with Crippen molar-refractivity contribution < 1.29 is 24.2 Å². The zero-order chi connectivity index (χ0) is 14.8. The van der Waals surface area contributed by atoms with Crippen LogP contribution in [0.1, 0.15) is 39.0 Å². The van der Waals surface area contributed by atoms with E-state index < -0.39 is 11.7 Å². The van der Waals surface area contributed by atoms with Gasteiger partial charge in [-0.25, -0.2) is 9.59 Å². The summed E-state index contributed by atoms with van der Waals surface area (Å²) in [6.45, 7) is 8.14. The predicted molar refractivity (Wildman–Crippen MR) is 71.6 cm³/mol. The van der Waals surface area contributed by atoms with E-state index in [-0.39, 0.29) is 12.1 Å². The fourth-order valence-corrected chi connectivity index (χ4v) is 1.55. The lowest BCUT2D eigenvalue weighted by Crippen LogP contribution is -2.20. The minimum atomic E-state index is -0.792. The number of aliphatic hydroxyl groups excluding tert-OH is 1. The van der Waals surface area contributed by atoms with Crippen molar-refractivity contribution in [1.29, 1.82) is 0 Å². The third kappa shape index (κ3) is 8.02. The van der Waals surface area contributed by atoms with Gasteiger partial charge in [0.15, 0.2) is 5.76 Å². The number of aliphatic hydroxyl groups is 1.